The SMILES string of the molecule is O=C(CCN1CCCCC1CO)c1ccccc1Br. The van der Waals surface area contributed by atoms with E-state index in [1.807, 2.05) is 24.3 Å². The Morgan fingerprint density at radius 1 is 1.37 bits per heavy atom. The maximum absolute atomic E-state index is 12.2. The third-order valence-corrected chi connectivity index (χ3v) is 4.45. The Balaban J connectivity index is 1.91. The first kappa shape index (κ1) is 14.7. The van der Waals surface area contributed by atoms with Crippen molar-refractivity contribution in [3.63, 3.8) is 0 Å². The summed E-state index contributed by atoms with van der Waals surface area (Å²) in [7, 11) is 0. The molecule has 0 aromatic heterocycles. The average Bonchev–Trinajstić information content (AvgIpc) is 2.45. The molecule has 1 unspecified atom stereocenters. The maximum atomic E-state index is 12.2. The van der Waals surface area contributed by atoms with E-state index in [9.17, 15) is 9.90 Å². The minimum atomic E-state index is 0.162. The van der Waals surface area contributed by atoms with Gasteiger partial charge in [-0.2, -0.15) is 0 Å². The molecule has 19 heavy (non-hydrogen) atoms. The summed E-state index contributed by atoms with van der Waals surface area (Å²) in [5, 5.41) is 9.35. The van der Waals surface area contributed by atoms with Gasteiger partial charge in [-0.1, -0.05) is 40.5 Å². The number of aliphatic hydroxyl groups is 1. The van der Waals surface area contributed by atoms with E-state index < -0.39 is 0 Å². The Morgan fingerprint density at radius 3 is 2.89 bits per heavy atom. The summed E-state index contributed by atoms with van der Waals surface area (Å²) in [6.45, 7) is 1.93. The van der Waals surface area contributed by atoms with Gasteiger partial charge >= 0.3 is 0 Å². The largest absolute Gasteiger partial charge is 0.395 e. The van der Waals surface area contributed by atoms with Gasteiger partial charge in [-0.15, -0.1) is 0 Å². The Bertz CT molecular complexity index is 436. The highest BCUT2D eigenvalue weighted by molar-refractivity contribution is 9.10. The van der Waals surface area contributed by atoms with Crippen molar-refractivity contribution in [3.8, 4) is 0 Å². The molecule has 3 nitrogen and oxygen atoms in total. The van der Waals surface area contributed by atoms with E-state index in [0.717, 1.165) is 29.5 Å². The smallest absolute Gasteiger partial charge is 0.165 e. The molecule has 1 aliphatic heterocycles. The topological polar surface area (TPSA) is 40.5 Å². The van der Waals surface area contributed by atoms with Gasteiger partial charge in [0, 0.05) is 29.0 Å². The normalized spacial score (nSPS) is 20.4. The van der Waals surface area contributed by atoms with Crippen molar-refractivity contribution in [3.05, 3.63) is 34.3 Å². The number of benzene rings is 1. The molecule has 1 N–H and O–H groups in total. The number of aliphatic hydroxyl groups excluding tert-OH is 1. The second-order valence-corrected chi connectivity index (χ2v) is 5.88. The lowest BCUT2D eigenvalue weighted by Crippen LogP contribution is -2.42. The predicted molar refractivity (Wildman–Crippen MR) is 79.4 cm³/mol. The minimum Gasteiger partial charge on any atom is -0.395 e. The van der Waals surface area contributed by atoms with E-state index in [4.69, 9.17) is 0 Å². The maximum Gasteiger partial charge on any atom is 0.165 e. The van der Waals surface area contributed by atoms with Gasteiger partial charge in [-0.05, 0) is 25.5 Å². The van der Waals surface area contributed by atoms with Crippen molar-refractivity contribution in [2.45, 2.75) is 31.7 Å². The number of piperidine rings is 1. The minimum absolute atomic E-state index is 0.162. The molecule has 1 fully saturated rings. The van der Waals surface area contributed by atoms with Gasteiger partial charge in [-0.25, -0.2) is 0 Å². The number of carbonyl (C=O) groups is 1. The summed E-state index contributed by atoms with van der Waals surface area (Å²) in [5.74, 6) is 0.162. The predicted octanol–water partition coefficient (Wildman–Crippen LogP) is 2.87. The standard InChI is InChI=1S/C15H20BrNO2/c16-14-7-2-1-6-13(14)15(19)8-10-17-9-4-3-5-12(17)11-18/h1-2,6-7,12,18H,3-5,8-11H2. The van der Waals surface area contributed by atoms with E-state index in [1.165, 1.54) is 12.8 Å². The van der Waals surface area contributed by atoms with Crippen LogP contribution in [0.2, 0.25) is 0 Å². The van der Waals surface area contributed by atoms with Gasteiger partial charge < -0.3 is 5.11 Å². The van der Waals surface area contributed by atoms with Crippen LogP contribution in [0.15, 0.2) is 28.7 Å². The third kappa shape index (κ3) is 3.88. The summed E-state index contributed by atoms with van der Waals surface area (Å²) < 4.78 is 0.859. The average molecular weight is 326 g/mol. The van der Waals surface area contributed by atoms with Crippen LogP contribution in [0, 0.1) is 0 Å². The highest BCUT2D eigenvalue weighted by Crippen LogP contribution is 2.20. The number of likely N-dealkylation sites (tertiary alicyclic amines) is 1. The van der Waals surface area contributed by atoms with Crippen molar-refractivity contribution < 1.29 is 9.90 Å². The fourth-order valence-electron chi connectivity index (χ4n) is 2.63. The zero-order valence-electron chi connectivity index (χ0n) is 11.0. The number of ketones is 1. The molecule has 1 aliphatic rings. The monoisotopic (exact) mass is 325 g/mol. The molecule has 1 aromatic carbocycles. The van der Waals surface area contributed by atoms with Crippen LogP contribution in [0.1, 0.15) is 36.0 Å². The van der Waals surface area contributed by atoms with Crippen LogP contribution in [0.5, 0.6) is 0 Å². The number of carbonyl (C=O) groups excluding carboxylic acids is 1. The third-order valence-electron chi connectivity index (χ3n) is 3.76. The van der Waals surface area contributed by atoms with E-state index in [0.29, 0.717) is 6.42 Å². The molecule has 0 saturated carbocycles. The first-order valence-electron chi connectivity index (χ1n) is 6.85. The van der Waals surface area contributed by atoms with Gasteiger partial charge in [0.2, 0.25) is 0 Å². The molecule has 0 radical (unpaired) electrons. The lowest BCUT2D eigenvalue weighted by molar-refractivity contribution is 0.0793. The number of hydrogen-bond acceptors (Lipinski definition) is 3. The molecule has 1 atom stereocenters. The van der Waals surface area contributed by atoms with E-state index in [-0.39, 0.29) is 18.4 Å². The highest BCUT2D eigenvalue weighted by atomic mass is 79.9. The summed E-state index contributed by atoms with van der Waals surface area (Å²) in [5.41, 5.74) is 0.750. The quantitative estimate of drug-likeness (QED) is 0.846. The van der Waals surface area contributed by atoms with Crippen molar-refractivity contribution in [2.75, 3.05) is 19.7 Å². The molecule has 4 heteroatoms. The number of halogens is 1. The van der Waals surface area contributed by atoms with Crippen molar-refractivity contribution in [1.29, 1.82) is 0 Å². The highest BCUT2D eigenvalue weighted by Gasteiger charge is 2.22. The van der Waals surface area contributed by atoms with Gasteiger partial charge in [0.25, 0.3) is 0 Å². The molecule has 0 aliphatic carbocycles. The molecule has 0 bridgehead atoms. The molecule has 2 rings (SSSR count). The molecule has 0 spiro atoms. The van der Waals surface area contributed by atoms with Crippen molar-refractivity contribution in [2.24, 2.45) is 0 Å². The van der Waals surface area contributed by atoms with Crippen LogP contribution in [0.4, 0.5) is 0 Å². The van der Waals surface area contributed by atoms with Gasteiger partial charge in [0.15, 0.2) is 5.78 Å². The number of nitrogens with zero attached hydrogens (tertiary/aromatic N) is 1. The fraction of sp³-hybridized carbons (Fsp3) is 0.533. The molecule has 1 heterocycles. The van der Waals surface area contributed by atoms with Crippen molar-refractivity contribution >= 4 is 21.7 Å². The second kappa shape index (κ2) is 7.17. The molecule has 104 valence electrons. The van der Waals surface area contributed by atoms with Crippen LogP contribution in [0.25, 0.3) is 0 Å². The first-order valence-corrected chi connectivity index (χ1v) is 7.64. The number of hydrogen-bond donors (Lipinski definition) is 1. The van der Waals surface area contributed by atoms with Crippen molar-refractivity contribution in [1.82, 2.24) is 4.90 Å². The first-order chi connectivity index (χ1) is 9.22. The lowest BCUT2D eigenvalue weighted by Gasteiger charge is -2.34. The van der Waals surface area contributed by atoms with E-state index >= 15 is 0 Å². The summed E-state index contributed by atoms with van der Waals surface area (Å²) >= 11 is 3.41. The summed E-state index contributed by atoms with van der Waals surface area (Å²) in [6.07, 6.45) is 3.90. The second-order valence-electron chi connectivity index (χ2n) is 5.02. The lowest BCUT2D eigenvalue weighted by atomic mass is 10.0. The van der Waals surface area contributed by atoms with E-state index in [1.54, 1.807) is 0 Å². The molecule has 0 amide bonds. The van der Waals surface area contributed by atoms with Gasteiger partial charge in [0.1, 0.15) is 0 Å². The van der Waals surface area contributed by atoms with Crippen LogP contribution in [-0.4, -0.2) is 41.5 Å². The van der Waals surface area contributed by atoms with E-state index in [2.05, 4.69) is 20.8 Å². The zero-order valence-corrected chi connectivity index (χ0v) is 12.6. The van der Waals surface area contributed by atoms with Crippen LogP contribution >= 0.6 is 15.9 Å². The molecule has 1 aromatic rings. The van der Waals surface area contributed by atoms with Gasteiger partial charge in [-0.3, -0.25) is 9.69 Å². The molecular weight excluding hydrogens is 306 g/mol. The molecular formula is C15H20BrNO2. The Kier molecular flexibility index (Phi) is 5.55. The Labute approximate surface area is 122 Å². The summed E-state index contributed by atoms with van der Waals surface area (Å²) in [4.78, 5) is 14.4. The van der Waals surface area contributed by atoms with Crippen LogP contribution < -0.4 is 0 Å². The Morgan fingerprint density at radius 2 is 2.16 bits per heavy atom. The number of Topliss-reactive ketones (excluding diaryl/α,β-unsaturated/α-hetero) is 1. The summed E-state index contributed by atoms with van der Waals surface area (Å²) in [6, 6.07) is 7.78. The molecule has 1 saturated heterocycles. The number of rotatable bonds is 5. The van der Waals surface area contributed by atoms with Gasteiger partial charge in [0.05, 0.1) is 6.61 Å². The fourth-order valence-corrected chi connectivity index (χ4v) is 3.13. The van der Waals surface area contributed by atoms with Crippen LogP contribution in [-0.2, 0) is 0 Å². The van der Waals surface area contributed by atoms with Crippen LogP contribution in [0.3, 0.4) is 0 Å². The Hall–Kier alpha value is -0.710. The zero-order chi connectivity index (χ0) is 13.7.